The maximum absolute atomic E-state index is 12.5. The highest BCUT2D eigenvalue weighted by Crippen LogP contribution is 2.30. The molecule has 27 heavy (non-hydrogen) atoms. The predicted molar refractivity (Wildman–Crippen MR) is 99.7 cm³/mol. The van der Waals surface area contributed by atoms with Gasteiger partial charge in [-0.15, -0.1) is 0 Å². The summed E-state index contributed by atoms with van der Waals surface area (Å²) in [6.45, 7) is 1.70. The molecule has 0 unspecified atom stereocenters. The molecule has 142 valence electrons. The number of carbonyl (C=O) groups excluding carboxylic acids is 2. The molecule has 1 aliphatic heterocycles. The third-order valence-electron chi connectivity index (χ3n) is 4.45. The van der Waals surface area contributed by atoms with Crippen molar-refractivity contribution in [3.8, 4) is 0 Å². The van der Waals surface area contributed by atoms with Crippen LogP contribution in [0.1, 0.15) is 21.5 Å². The van der Waals surface area contributed by atoms with Gasteiger partial charge in [-0.25, -0.2) is 18.4 Å². The Balaban J connectivity index is 1.70. The number of rotatable bonds is 4. The van der Waals surface area contributed by atoms with Gasteiger partial charge in [-0.2, -0.15) is 0 Å². The van der Waals surface area contributed by atoms with Crippen molar-refractivity contribution in [2.45, 2.75) is 18.2 Å². The largest absolute Gasteiger partial charge is 0.452 e. The number of nitrogens with zero attached hydrogens (tertiary/aromatic N) is 1. The normalized spacial score (nSPS) is 13.3. The molecular formula is C18H19N3O5S. The van der Waals surface area contributed by atoms with Gasteiger partial charge in [0.1, 0.15) is 0 Å². The first-order valence-electron chi connectivity index (χ1n) is 8.17. The molecule has 1 heterocycles. The van der Waals surface area contributed by atoms with Crippen LogP contribution in [0.3, 0.4) is 0 Å². The maximum atomic E-state index is 12.5. The van der Waals surface area contributed by atoms with E-state index in [2.05, 4.69) is 0 Å². The summed E-state index contributed by atoms with van der Waals surface area (Å²) in [5, 5.41) is 5.13. The standard InChI is InChI=1S/C18H19N3O5S/c1-11-3-2-4-14(17(11)19)18(23)26-10-16(22)21-8-7-12-9-13(27(20,24)25)5-6-15(12)21/h2-6,9H,7-8,10,19H2,1H3,(H2,20,24,25). The van der Waals surface area contributed by atoms with E-state index in [1.165, 1.54) is 29.2 Å². The zero-order valence-corrected chi connectivity index (χ0v) is 15.5. The molecule has 2 aromatic carbocycles. The van der Waals surface area contributed by atoms with Crippen LogP contribution in [0, 0.1) is 6.92 Å². The Labute approximate surface area is 156 Å². The van der Waals surface area contributed by atoms with Crippen molar-refractivity contribution < 1.29 is 22.7 Å². The molecule has 0 aromatic heterocycles. The van der Waals surface area contributed by atoms with E-state index in [1.807, 2.05) is 0 Å². The number of nitrogen functional groups attached to an aromatic ring is 1. The second kappa shape index (κ2) is 7.01. The minimum Gasteiger partial charge on any atom is -0.452 e. The zero-order valence-electron chi connectivity index (χ0n) is 14.6. The van der Waals surface area contributed by atoms with E-state index in [9.17, 15) is 18.0 Å². The van der Waals surface area contributed by atoms with Crippen LogP contribution in [-0.2, 0) is 26.0 Å². The molecule has 4 N–H and O–H groups in total. The van der Waals surface area contributed by atoms with E-state index in [4.69, 9.17) is 15.6 Å². The summed E-state index contributed by atoms with van der Waals surface area (Å²) in [5.41, 5.74) is 8.42. The van der Waals surface area contributed by atoms with Crippen LogP contribution >= 0.6 is 0 Å². The quantitative estimate of drug-likeness (QED) is 0.591. The number of fused-ring (bicyclic) bond motifs is 1. The van der Waals surface area contributed by atoms with Gasteiger partial charge < -0.3 is 15.4 Å². The van der Waals surface area contributed by atoms with Gasteiger partial charge >= 0.3 is 5.97 Å². The molecule has 0 saturated heterocycles. The number of para-hydroxylation sites is 1. The molecule has 1 amide bonds. The summed E-state index contributed by atoms with van der Waals surface area (Å²) in [6.07, 6.45) is 0.489. The lowest BCUT2D eigenvalue weighted by Gasteiger charge is -2.17. The van der Waals surface area contributed by atoms with Gasteiger partial charge in [0.05, 0.1) is 10.5 Å². The van der Waals surface area contributed by atoms with Crippen LogP contribution in [0.25, 0.3) is 0 Å². The second-order valence-corrected chi connectivity index (χ2v) is 7.80. The molecular weight excluding hydrogens is 370 g/mol. The van der Waals surface area contributed by atoms with E-state index < -0.39 is 28.5 Å². The number of nitrogens with two attached hydrogens (primary N) is 2. The van der Waals surface area contributed by atoms with Gasteiger partial charge in [-0.05, 0) is 48.7 Å². The minimum atomic E-state index is -3.81. The van der Waals surface area contributed by atoms with Gasteiger partial charge in [0.25, 0.3) is 5.91 Å². The number of ether oxygens (including phenoxy) is 1. The lowest BCUT2D eigenvalue weighted by Crippen LogP contribution is -2.33. The smallest absolute Gasteiger partial charge is 0.340 e. The van der Waals surface area contributed by atoms with Crippen LogP contribution < -0.4 is 15.8 Å². The number of sulfonamides is 1. The first-order valence-corrected chi connectivity index (χ1v) is 9.71. The lowest BCUT2D eigenvalue weighted by atomic mass is 10.1. The molecule has 9 heteroatoms. The van der Waals surface area contributed by atoms with Crippen molar-refractivity contribution >= 4 is 33.3 Å². The number of benzene rings is 2. The highest BCUT2D eigenvalue weighted by molar-refractivity contribution is 7.89. The number of esters is 1. The summed E-state index contributed by atoms with van der Waals surface area (Å²) in [5.74, 6) is -1.08. The molecule has 0 spiro atoms. The average molecular weight is 389 g/mol. The third-order valence-corrected chi connectivity index (χ3v) is 5.36. The van der Waals surface area contributed by atoms with Crippen molar-refractivity contribution in [2.75, 3.05) is 23.8 Å². The van der Waals surface area contributed by atoms with Crippen LogP contribution in [-0.4, -0.2) is 33.4 Å². The van der Waals surface area contributed by atoms with Crippen LogP contribution in [0.2, 0.25) is 0 Å². The highest BCUT2D eigenvalue weighted by atomic mass is 32.2. The van der Waals surface area contributed by atoms with Crippen molar-refractivity contribution in [2.24, 2.45) is 5.14 Å². The van der Waals surface area contributed by atoms with E-state index in [-0.39, 0.29) is 10.5 Å². The SMILES string of the molecule is Cc1cccc(C(=O)OCC(=O)N2CCc3cc(S(N)(=O)=O)ccc32)c1N. The highest BCUT2D eigenvalue weighted by Gasteiger charge is 2.27. The van der Waals surface area contributed by atoms with Crippen molar-refractivity contribution in [1.29, 1.82) is 0 Å². The Bertz CT molecular complexity index is 1030. The number of carbonyl (C=O) groups is 2. The molecule has 1 aliphatic rings. The maximum Gasteiger partial charge on any atom is 0.340 e. The number of anilines is 2. The first kappa shape index (κ1) is 18.9. The summed E-state index contributed by atoms with van der Waals surface area (Å²) >= 11 is 0. The summed E-state index contributed by atoms with van der Waals surface area (Å²) in [6, 6.07) is 9.32. The Morgan fingerprint density at radius 2 is 1.96 bits per heavy atom. The summed E-state index contributed by atoms with van der Waals surface area (Å²) in [7, 11) is -3.81. The van der Waals surface area contributed by atoms with Gasteiger partial charge in [0.15, 0.2) is 6.61 Å². The van der Waals surface area contributed by atoms with E-state index in [0.29, 0.717) is 29.9 Å². The fourth-order valence-corrected chi connectivity index (χ4v) is 3.52. The van der Waals surface area contributed by atoms with Gasteiger partial charge in [0.2, 0.25) is 10.0 Å². The van der Waals surface area contributed by atoms with E-state index in [1.54, 1.807) is 19.1 Å². The molecule has 0 saturated carbocycles. The minimum absolute atomic E-state index is 0.00287. The monoisotopic (exact) mass is 389 g/mol. The van der Waals surface area contributed by atoms with Crippen molar-refractivity contribution in [3.63, 3.8) is 0 Å². The molecule has 0 fully saturated rings. The van der Waals surface area contributed by atoms with Crippen molar-refractivity contribution in [3.05, 3.63) is 53.1 Å². The molecule has 0 atom stereocenters. The number of hydrogen-bond donors (Lipinski definition) is 2. The third kappa shape index (κ3) is 3.79. The summed E-state index contributed by atoms with van der Waals surface area (Å²) < 4.78 is 28.0. The molecule has 2 aromatic rings. The Morgan fingerprint density at radius 1 is 1.22 bits per heavy atom. The zero-order chi connectivity index (χ0) is 19.8. The molecule has 0 aliphatic carbocycles. The van der Waals surface area contributed by atoms with Crippen LogP contribution in [0.4, 0.5) is 11.4 Å². The number of aryl methyl sites for hydroxylation is 1. The van der Waals surface area contributed by atoms with Crippen molar-refractivity contribution in [1.82, 2.24) is 0 Å². The second-order valence-electron chi connectivity index (χ2n) is 6.24. The van der Waals surface area contributed by atoms with Crippen LogP contribution in [0.5, 0.6) is 0 Å². The van der Waals surface area contributed by atoms with Gasteiger partial charge in [-0.3, -0.25) is 4.79 Å². The Morgan fingerprint density at radius 3 is 2.67 bits per heavy atom. The number of amides is 1. The molecule has 0 bridgehead atoms. The van der Waals surface area contributed by atoms with Crippen LogP contribution in [0.15, 0.2) is 41.3 Å². The van der Waals surface area contributed by atoms with E-state index in [0.717, 1.165) is 5.56 Å². The van der Waals surface area contributed by atoms with E-state index >= 15 is 0 Å². The number of primary sulfonamides is 1. The fourth-order valence-electron chi connectivity index (χ4n) is 2.96. The Kier molecular flexibility index (Phi) is 4.90. The summed E-state index contributed by atoms with van der Waals surface area (Å²) in [4.78, 5) is 26.1. The molecule has 0 radical (unpaired) electrons. The first-order chi connectivity index (χ1) is 12.7. The Hall–Kier alpha value is -2.91. The number of hydrogen-bond acceptors (Lipinski definition) is 6. The molecule has 3 rings (SSSR count). The average Bonchev–Trinajstić information content (AvgIpc) is 3.04. The van der Waals surface area contributed by atoms with Gasteiger partial charge in [-0.1, -0.05) is 12.1 Å². The fraction of sp³-hybridized carbons (Fsp3) is 0.222. The topological polar surface area (TPSA) is 133 Å². The lowest BCUT2D eigenvalue weighted by molar-refractivity contribution is -0.121. The molecule has 8 nitrogen and oxygen atoms in total. The predicted octanol–water partition coefficient (Wildman–Crippen LogP) is 0.971. The van der Waals surface area contributed by atoms with Gasteiger partial charge in [0, 0.05) is 17.9 Å².